The summed E-state index contributed by atoms with van der Waals surface area (Å²) in [6.07, 6.45) is -1.15. The minimum Gasteiger partial charge on any atom is -0.464 e. The molecule has 1 N–H and O–H groups in total. The lowest BCUT2D eigenvalue weighted by molar-refractivity contribution is -0.384. The first-order valence-corrected chi connectivity index (χ1v) is 5.83. The number of nitrogens with zero attached hydrogens (tertiary/aromatic N) is 2. The Morgan fingerprint density at radius 1 is 1.05 bits per heavy atom. The Balaban J connectivity index is 2.40. The van der Waals surface area contributed by atoms with Crippen LogP contribution in [-0.4, -0.2) is 16.1 Å². The first-order chi connectivity index (χ1) is 9.49. The van der Waals surface area contributed by atoms with E-state index in [9.17, 15) is 20.0 Å². The van der Waals surface area contributed by atoms with Gasteiger partial charge in [0.1, 0.15) is 0 Å². The van der Waals surface area contributed by atoms with Gasteiger partial charge >= 0.3 is 6.09 Å². The summed E-state index contributed by atoms with van der Waals surface area (Å²) in [6.45, 7) is 1.90. The van der Waals surface area contributed by atoms with E-state index in [1.165, 1.54) is 24.3 Å². The van der Waals surface area contributed by atoms with Gasteiger partial charge in [-0.05, 0) is 31.2 Å². The number of rotatable bonds is 3. The molecule has 0 unspecified atom stereocenters. The van der Waals surface area contributed by atoms with Crippen LogP contribution in [0.25, 0.3) is 0 Å². The second kappa shape index (κ2) is 5.40. The highest BCUT2D eigenvalue weighted by Gasteiger charge is 2.17. The van der Waals surface area contributed by atoms with Gasteiger partial charge in [-0.2, -0.15) is 0 Å². The van der Waals surface area contributed by atoms with Crippen molar-refractivity contribution in [3.8, 4) is 0 Å². The number of hydrogen-bond acceptors (Lipinski definition) is 3. The monoisotopic (exact) mass is 272 g/mol. The van der Waals surface area contributed by atoms with Crippen LogP contribution in [0.5, 0.6) is 0 Å². The molecule has 0 saturated heterocycles. The molecule has 0 radical (unpaired) electrons. The molecule has 0 fully saturated rings. The third-order valence-electron chi connectivity index (χ3n) is 2.80. The molecule has 0 aromatic heterocycles. The van der Waals surface area contributed by atoms with Crippen molar-refractivity contribution in [2.24, 2.45) is 0 Å². The fraction of sp³-hybridized carbons (Fsp3) is 0.0714. The topological polar surface area (TPSA) is 83.7 Å². The minimum atomic E-state index is -1.15. The van der Waals surface area contributed by atoms with Gasteiger partial charge in [0.15, 0.2) is 0 Å². The van der Waals surface area contributed by atoms with E-state index in [0.29, 0.717) is 11.4 Å². The van der Waals surface area contributed by atoms with E-state index in [-0.39, 0.29) is 5.69 Å². The summed E-state index contributed by atoms with van der Waals surface area (Å²) in [5.41, 5.74) is 1.77. The zero-order chi connectivity index (χ0) is 14.7. The average Bonchev–Trinajstić information content (AvgIpc) is 2.41. The molecule has 0 aliphatic heterocycles. The number of nitro benzene ring substituents is 1. The molecule has 0 heterocycles. The summed E-state index contributed by atoms with van der Waals surface area (Å²) >= 11 is 0. The van der Waals surface area contributed by atoms with Crippen molar-refractivity contribution in [2.75, 3.05) is 4.90 Å². The molecule has 102 valence electrons. The summed E-state index contributed by atoms with van der Waals surface area (Å²) < 4.78 is 0. The maximum atomic E-state index is 11.4. The van der Waals surface area contributed by atoms with Crippen molar-refractivity contribution in [1.82, 2.24) is 0 Å². The third-order valence-corrected chi connectivity index (χ3v) is 2.80. The van der Waals surface area contributed by atoms with E-state index in [1.54, 1.807) is 24.3 Å². The first kappa shape index (κ1) is 13.5. The summed E-state index contributed by atoms with van der Waals surface area (Å²) in [5.74, 6) is 0. The molecule has 1 amide bonds. The second-order valence-corrected chi connectivity index (χ2v) is 4.23. The Kier molecular flexibility index (Phi) is 3.65. The van der Waals surface area contributed by atoms with Crippen LogP contribution in [0.1, 0.15) is 5.56 Å². The van der Waals surface area contributed by atoms with Crippen molar-refractivity contribution in [3.63, 3.8) is 0 Å². The SMILES string of the molecule is Cc1ccc(N(C(=O)O)c2ccc([N+](=O)[O-])cc2)cc1. The molecule has 0 aliphatic rings. The standard InChI is InChI=1S/C14H12N2O4/c1-10-2-4-11(5-3-10)15(14(17)18)12-6-8-13(9-7-12)16(19)20/h2-9H,1H3,(H,17,18). The highest BCUT2D eigenvalue weighted by atomic mass is 16.6. The highest BCUT2D eigenvalue weighted by Crippen LogP contribution is 2.27. The molecular formula is C14H12N2O4. The largest absolute Gasteiger partial charge is 0.464 e. The lowest BCUT2D eigenvalue weighted by atomic mass is 10.2. The summed E-state index contributed by atoms with van der Waals surface area (Å²) in [7, 11) is 0. The Morgan fingerprint density at radius 2 is 1.50 bits per heavy atom. The highest BCUT2D eigenvalue weighted by molar-refractivity contribution is 5.94. The number of carboxylic acid groups (broad SMARTS) is 1. The molecule has 0 atom stereocenters. The van der Waals surface area contributed by atoms with Gasteiger partial charge in [0.25, 0.3) is 5.69 Å². The predicted octanol–water partition coefficient (Wildman–Crippen LogP) is 3.72. The Bertz CT molecular complexity index is 635. The van der Waals surface area contributed by atoms with Crippen molar-refractivity contribution >= 4 is 23.2 Å². The molecule has 2 rings (SSSR count). The van der Waals surface area contributed by atoms with Crippen LogP contribution in [0.15, 0.2) is 48.5 Å². The zero-order valence-electron chi connectivity index (χ0n) is 10.7. The predicted molar refractivity (Wildman–Crippen MR) is 74.4 cm³/mol. The van der Waals surface area contributed by atoms with Crippen LogP contribution in [-0.2, 0) is 0 Å². The quantitative estimate of drug-likeness (QED) is 0.681. The van der Waals surface area contributed by atoms with E-state index >= 15 is 0 Å². The third kappa shape index (κ3) is 2.74. The van der Waals surface area contributed by atoms with Crippen molar-refractivity contribution in [3.05, 3.63) is 64.2 Å². The van der Waals surface area contributed by atoms with Crippen LogP contribution in [0.4, 0.5) is 21.9 Å². The lowest BCUT2D eigenvalue weighted by Gasteiger charge is -2.19. The molecule has 6 nitrogen and oxygen atoms in total. The van der Waals surface area contributed by atoms with Crippen LogP contribution < -0.4 is 4.90 Å². The lowest BCUT2D eigenvalue weighted by Crippen LogP contribution is -2.23. The Hall–Kier alpha value is -2.89. The molecule has 0 spiro atoms. The van der Waals surface area contributed by atoms with E-state index in [0.717, 1.165) is 10.5 Å². The fourth-order valence-corrected chi connectivity index (χ4v) is 1.79. The Morgan fingerprint density at radius 3 is 1.90 bits per heavy atom. The molecule has 0 saturated carbocycles. The molecular weight excluding hydrogens is 260 g/mol. The fourth-order valence-electron chi connectivity index (χ4n) is 1.79. The number of amides is 1. The van der Waals surface area contributed by atoms with Gasteiger partial charge in [-0.1, -0.05) is 17.7 Å². The molecule has 6 heteroatoms. The maximum absolute atomic E-state index is 11.4. The van der Waals surface area contributed by atoms with Gasteiger partial charge in [-0.15, -0.1) is 0 Å². The number of carbonyl (C=O) groups is 1. The maximum Gasteiger partial charge on any atom is 0.416 e. The molecule has 0 bridgehead atoms. The molecule has 2 aromatic rings. The van der Waals surface area contributed by atoms with Crippen LogP contribution in [0.2, 0.25) is 0 Å². The van der Waals surface area contributed by atoms with Gasteiger partial charge in [0.2, 0.25) is 0 Å². The zero-order valence-corrected chi connectivity index (χ0v) is 10.7. The van der Waals surface area contributed by atoms with E-state index in [2.05, 4.69) is 0 Å². The van der Waals surface area contributed by atoms with Gasteiger partial charge in [0, 0.05) is 12.1 Å². The van der Waals surface area contributed by atoms with E-state index in [1.807, 2.05) is 6.92 Å². The summed E-state index contributed by atoms with van der Waals surface area (Å²) in [4.78, 5) is 22.5. The number of hydrogen-bond donors (Lipinski definition) is 1. The molecule has 2 aromatic carbocycles. The molecule has 0 aliphatic carbocycles. The van der Waals surface area contributed by atoms with Crippen LogP contribution >= 0.6 is 0 Å². The van der Waals surface area contributed by atoms with E-state index in [4.69, 9.17) is 0 Å². The average molecular weight is 272 g/mol. The molecule has 20 heavy (non-hydrogen) atoms. The Labute approximate surface area is 115 Å². The number of nitro groups is 1. The van der Waals surface area contributed by atoms with Gasteiger partial charge in [-0.25, -0.2) is 9.69 Å². The second-order valence-electron chi connectivity index (χ2n) is 4.23. The summed E-state index contributed by atoms with van der Waals surface area (Å²) in [5, 5.41) is 19.9. The number of aryl methyl sites for hydroxylation is 1. The van der Waals surface area contributed by atoms with E-state index < -0.39 is 11.0 Å². The number of anilines is 2. The normalized spacial score (nSPS) is 10.1. The van der Waals surface area contributed by atoms with Crippen molar-refractivity contribution in [2.45, 2.75) is 6.92 Å². The van der Waals surface area contributed by atoms with Gasteiger partial charge in [0.05, 0.1) is 16.3 Å². The smallest absolute Gasteiger partial charge is 0.416 e. The van der Waals surface area contributed by atoms with Gasteiger partial charge in [-0.3, -0.25) is 10.1 Å². The minimum absolute atomic E-state index is 0.0806. The van der Waals surface area contributed by atoms with Crippen LogP contribution in [0, 0.1) is 17.0 Å². The van der Waals surface area contributed by atoms with Gasteiger partial charge < -0.3 is 5.11 Å². The van der Waals surface area contributed by atoms with Crippen LogP contribution in [0.3, 0.4) is 0 Å². The van der Waals surface area contributed by atoms with Crippen molar-refractivity contribution in [1.29, 1.82) is 0 Å². The van der Waals surface area contributed by atoms with Crippen molar-refractivity contribution < 1.29 is 14.8 Å². The first-order valence-electron chi connectivity index (χ1n) is 5.83. The number of non-ortho nitro benzene ring substituents is 1. The summed E-state index contributed by atoms with van der Waals surface area (Å²) in [6, 6.07) is 12.3. The number of benzene rings is 2.